The van der Waals surface area contributed by atoms with Crippen molar-refractivity contribution < 1.29 is 0 Å². The summed E-state index contributed by atoms with van der Waals surface area (Å²) in [4.78, 5) is 15.6. The Hall–Kier alpha value is -7.63. The molecule has 3 heterocycles. The van der Waals surface area contributed by atoms with Gasteiger partial charge < -0.3 is 9.13 Å². The maximum Gasteiger partial charge on any atom is 0.164 e. The summed E-state index contributed by atoms with van der Waals surface area (Å²) in [6.07, 6.45) is 0. The number of rotatable bonds is 6. The average molecular weight is 940 g/mol. The fourth-order valence-corrected chi connectivity index (χ4v) is 10.3. The van der Waals surface area contributed by atoms with E-state index < -0.39 is 0 Å². The quantitative estimate of drug-likeness (QED) is 0.167. The molecule has 8 aromatic carbocycles. The third-order valence-electron chi connectivity index (χ3n) is 14.6. The molecule has 0 saturated heterocycles. The zero-order chi connectivity index (χ0) is 50.5. The van der Waals surface area contributed by atoms with E-state index in [-0.39, 0.29) is 21.7 Å². The van der Waals surface area contributed by atoms with Gasteiger partial charge in [-0.2, -0.15) is 0 Å². The van der Waals surface area contributed by atoms with E-state index >= 15 is 0 Å². The van der Waals surface area contributed by atoms with Crippen molar-refractivity contribution in [1.29, 1.82) is 0 Å². The summed E-state index contributed by atoms with van der Waals surface area (Å²) in [5.74, 6) is 1.88. The lowest BCUT2D eigenvalue weighted by atomic mass is 9.85. The molecule has 3 aromatic heterocycles. The van der Waals surface area contributed by atoms with Crippen LogP contribution >= 0.6 is 0 Å². The molecule has 0 aliphatic carbocycles. The molecule has 0 saturated carbocycles. The fraction of sp³-hybridized carbons (Fsp3) is 0.239. The highest BCUT2D eigenvalue weighted by Gasteiger charge is 2.26. The van der Waals surface area contributed by atoms with Gasteiger partial charge in [-0.25, -0.2) is 15.0 Å². The van der Waals surface area contributed by atoms with Crippen LogP contribution in [0.3, 0.4) is 0 Å². The van der Waals surface area contributed by atoms with Crippen LogP contribution in [0.5, 0.6) is 0 Å². The Morgan fingerprint density at radius 2 is 0.597 bits per heavy atom. The minimum atomic E-state index is -0.0382. The first-order valence-corrected chi connectivity index (χ1v) is 25.5. The van der Waals surface area contributed by atoms with Crippen LogP contribution in [0, 0.1) is 0 Å². The van der Waals surface area contributed by atoms with Gasteiger partial charge in [0.05, 0.1) is 33.4 Å². The van der Waals surface area contributed by atoms with Crippen LogP contribution < -0.4 is 0 Å². The van der Waals surface area contributed by atoms with Crippen molar-refractivity contribution in [3.8, 4) is 56.7 Å². The first-order chi connectivity index (χ1) is 34.2. The van der Waals surface area contributed by atoms with Crippen LogP contribution in [0.1, 0.15) is 105 Å². The molecule has 5 nitrogen and oxygen atoms in total. The molecule has 5 heteroatoms. The topological polar surface area (TPSA) is 48.5 Å². The zero-order valence-electron chi connectivity index (χ0n) is 44.0. The van der Waals surface area contributed by atoms with Crippen molar-refractivity contribution in [2.45, 2.75) is 105 Å². The molecule has 358 valence electrons. The van der Waals surface area contributed by atoms with E-state index in [1.54, 1.807) is 0 Å². The van der Waals surface area contributed by atoms with Crippen LogP contribution in [0.4, 0.5) is 0 Å². The molecular formula is C67H65N5. The van der Waals surface area contributed by atoms with Crippen molar-refractivity contribution in [1.82, 2.24) is 24.1 Å². The smallest absolute Gasteiger partial charge is 0.164 e. The van der Waals surface area contributed by atoms with Crippen molar-refractivity contribution >= 4 is 43.6 Å². The number of nitrogens with zero attached hydrogens (tertiary/aromatic N) is 5. The lowest BCUT2D eigenvalue weighted by Gasteiger charge is -2.21. The van der Waals surface area contributed by atoms with E-state index in [2.05, 4.69) is 232 Å². The summed E-state index contributed by atoms with van der Waals surface area (Å²) >= 11 is 0. The molecule has 0 spiro atoms. The standard InChI is InChI=1S/C67H65N5/c1-64(2,3)45-28-33-56-51(38-45)52-39-46(65(4,5)6)29-34-57(52)71(56)55-26-20-19-25-49(55)50-32-27-44(63-69-61(42-21-15-13-16-22-42)68-62(70-63)43-23-17-14-18-24-43)37-60(50)72-58-35-30-47(66(7,8)9)40-53(58)54-41-48(67(10,11)12)31-36-59(54)72/h13-41H,1-12H3. The van der Waals surface area contributed by atoms with Crippen molar-refractivity contribution in [2.75, 3.05) is 0 Å². The monoisotopic (exact) mass is 940 g/mol. The van der Waals surface area contributed by atoms with Gasteiger partial charge >= 0.3 is 0 Å². The zero-order valence-corrected chi connectivity index (χ0v) is 44.0. The lowest BCUT2D eigenvalue weighted by molar-refractivity contribution is 0.590. The summed E-state index contributed by atoms with van der Waals surface area (Å²) in [6, 6.07) is 64.6. The van der Waals surface area contributed by atoms with Crippen LogP contribution in [-0.4, -0.2) is 24.1 Å². The lowest BCUT2D eigenvalue weighted by Crippen LogP contribution is -2.10. The number of hydrogen-bond acceptors (Lipinski definition) is 3. The highest BCUT2D eigenvalue weighted by Crippen LogP contribution is 2.45. The molecule has 0 amide bonds. The van der Waals surface area contributed by atoms with Gasteiger partial charge in [0.25, 0.3) is 0 Å². The molecule has 72 heavy (non-hydrogen) atoms. The summed E-state index contributed by atoms with van der Waals surface area (Å²) in [5.41, 5.74) is 17.0. The van der Waals surface area contributed by atoms with E-state index in [4.69, 9.17) is 15.0 Å². The Balaban J connectivity index is 1.24. The van der Waals surface area contributed by atoms with Crippen molar-refractivity contribution in [3.05, 3.63) is 198 Å². The average Bonchev–Trinajstić information content (AvgIpc) is 3.87. The van der Waals surface area contributed by atoms with Gasteiger partial charge in [-0.3, -0.25) is 0 Å². The first kappa shape index (κ1) is 46.7. The Bertz CT molecular complexity index is 3680. The Morgan fingerprint density at radius 1 is 0.278 bits per heavy atom. The van der Waals surface area contributed by atoms with Gasteiger partial charge in [0.2, 0.25) is 0 Å². The fourth-order valence-electron chi connectivity index (χ4n) is 10.3. The third-order valence-corrected chi connectivity index (χ3v) is 14.6. The Labute approximate surface area is 425 Å². The van der Waals surface area contributed by atoms with Crippen molar-refractivity contribution in [3.63, 3.8) is 0 Å². The van der Waals surface area contributed by atoms with Gasteiger partial charge in [0.1, 0.15) is 0 Å². The van der Waals surface area contributed by atoms with Gasteiger partial charge in [0, 0.05) is 49.4 Å². The summed E-state index contributed by atoms with van der Waals surface area (Å²) < 4.78 is 4.99. The van der Waals surface area contributed by atoms with E-state index in [9.17, 15) is 0 Å². The molecule has 11 aromatic rings. The third kappa shape index (κ3) is 8.29. The summed E-state index contributed by atoms with van der Waals surface area (Å²) in [6.45, 7) is 27.6. The molecular weight excluding hydrogens is 875 g/mol. The first-order valence-electron chi connectivity index (χ1n) is 25.5. The maximum atomic E-state index is 5.27. The highest BCUT2D eigenvalue weighted by atomic mass is 15.0. The minimum absolute atomic E-state index is 0.00927. The van der Waals surface area contributed by atoms with Gasteiger partial charge in [-0.15, -0.1) is 0 Å². The number of aromatic nitrogens is 5. The predicted octanol–water partition coefficient (Wildman–Crippen LogP) is 17.9. The molecule has 0 aliphatic heterocycles. The summed E-state index contributed by atoms with van der Waals surface area (Å²) in [7, 11) is 0. The largest absolute Gasteiger partial charge is 0.309 e. The molecule has 0 N–H and O–H groups in total. The second-order valence-electron chi connectivity index (χ2n) is 23.9. The second-order valence-corrected chi connectivity index (χ2v) is 23.9. The minimum Gasteiger partial charge on any atom is -0.309 e. The number of hydrogen-bond donors (Lipinski definition) is 0. The molecule has 0 radical (unpaired) electrons. The van der Waals surface area contributed by atoms with Crippen LogP contribution in [0.15, 0.2) is 176 Å². The van der Waals surface area contributed by atoms with Crippen molar-refractivity contribution in [2.24, 2.45) is 0 Å². The predicted molar refractivity (Wildman–Crippen MR) is 305 cm³/mol. The highest BCUT2D eigenvalue weighted by molar-refractivity contribution is 6.12. The Kier molecular flexibility index (Phi) is 11.0. The Morgan fingerprint density at radius 3 is 0.972 bits per heavy atom. The molecule has 0 atom stereocenters. The van der Waals surface area contributed by atoms with Gasteiger partial charge in [-0.05, 0) is 105 Å². The molecule has 0 unspecified atom stereocenters. The van der Waals surface area contributed by atoms with E-state index in [1.807, 2.05) is 36.4 Å². The molecule has 11 rings (SSSR count). The van der Waals surface area contributed by atoms with Crippen LogP contribution in [0.2, 0.25) is 0 Å². The summed E-state index contributed by atoms with van der Waals surface area (Å²) in [5, 5.41) is 4.99. The number of fused-ring (bicyclic) bond motifs is 6. The SMILES string of the molecule is CC(C)(C)c1ccc2c(c1)c1cc(C(C)(C)C)ccc1n2-c1ccccc1-c1ccc(-c2nc(-c3ccccc3)nc(-c3ccccc3)n2)cc1-n1c2ccc(C(C)(C)C)cc2c2cc(C(C)(C)C)ccc21. The molecule has 0 fully saturated rings. The molecule has 0 aliphatic rings. The second kappa shape index (κ2) is 17.0. The van der Waals surface area contributed by atoms with E-state index in [0.717, 1.165) is 50.2 Å². The van der Waals surface area contributed by atoms with Crippen LogP contribution in [-0.2, 0) is 21.7 Å². The van der Waals surface area contributed by atoms with E-state index in [1.165, 1.54) is 54.8 Å². The van der Waals surface area contributed by atoms with Gasteiger partial charge in [0.15, 0.2) is 17.5 Å². The maximum absolute atomic E-state index is 5.27. The number of para-hydroxylation sites is 1. The molecule has 0 bridgehead atoms. The van der Waals surface area contributed by atoms with Gasteiger partial charge in [-0.1, -0.05) is 198 Å². The normalized spacial score (nSPS) is 12.7. The number of benzene rings is 8. The van der Waals surface area contributed by atoms with Crippen LogP contribution in [0.25, 0.3) is 100 Å². The van der Waals surface area contributed by atoms with E-state index in [0.29, 0.717) is 17.5 Å².